The molecule has 1 aliphatic rings. The lowest BCUT2D eigenvalue weighted by molar-refractivity contribution is 0.302. The molecule has 1 nitrogen and oxygen atoms in total. The second kappa shape index (κ2) is 15.3. The molecule has 0 aromatic heterocycles. The van der Waals surface area contributed by atoms with Crippen molar-refractivity contribution in [2.45, 2.75) is 128 Å². The van der Waals surface area contributed by atoms with Gasteiger partial charge >= 0.3 is 0 Å². The smallest absolute Gasteiger partial charge is 0.0314 e. The summed E-state index contributed by atoms with van der Waals surface area (Å²) in [5.74, 6) is 2.24. The van der Waals surface area contributed by atoms with Crippen LogP contribution in [0, 0.1) is 5.92 Å². The fourth-order valence-corrected chi connectivity index (χ4v) is 6.03. The van der Waals surface area contributed by atoms with E-state index in [1.165, 1.54) is 114 Å². The van der Waals surface area contributed by atoms with E-state index in [1.807, 2.05) is 0 Å². The van der Waals surface area contributed by atoms with Gasteiger partial charge in [0.2, 0.25) is 0 Å². The van der Waals surface area contributed by atoms with Crippen molar-refractivity contribution in [2.24, 2.45) is 5.92 Å². The van der Waals surface area contributed by atoms with Gasteiger partial charge in [0.25, 0.3) is 0 Å². The monoisotopic (exact) mass is 461 g/mol. The van der Waals surface area contributed by atoms with Gasteiger partial charge in [-0.1, -0.05) is 121 Å². The van der Waals surface area contributed by atoms with Crippen molar-refractivity contribution in [3.63, 3.8) is 0 Å². The first-order valence-electron chi connectivity index (χ1n) is 14.7. The first-order chi connectivity index (χ1) is 16.7. The van der Waals surface area contributed by atoms with Gasteiger partial charge in [0.05, 0.1) is 0 Å². The van der Waals surface area contributed by atoms with Crippen LogP contribution in [0.3, 0.4) is 0 Å². The number of hydrogen-bond acceptors (Lipinski definition) is 1. The van der Waals surface area contributed by atoms with E-state index >= 15 is 0 Å². The summed E-state index contributed by atoms with van der Waals surface area (Å²) in [6.07, 6.45) is 22.2. The van der Waals surface area contributed by atoms with Gasteiger partial charge in [0.1, 0.15) is 0 Å². The van der Waals surface area contributed by atoms with Gasteiger partial charge in [0, 0.05) is 11.6 Å². The Balaban J connectivity index is 1.51. The molecule has 0 radical (unpaired) electrons. The standard InChI is InChI=1S/C33H51N/c1-3-5-7-9-10-11-13-27-15-17-28(18-16-27)29-19-21-30(22-20-29)33(14-12-8-6-4-2)31-23-25-32(34)26-24-31/h19-28,33H,3-18,34H2,1-2H3. The molecule has 0 amide bonds. The van der Waals surface area contributed by atoms with Gasteiger partial charge in [-0.2, -0.15) is 0 Å². The fourth-order valence-electron chi connectivity index (χ4n) is 6.03. The van der Waals surface area contributed by atoms with E-state index in [4.69, 9.17) is 5.73 Å². The molecular weight excluding hydrogens is 410 g/mol. The summed E-state index contributed by atoms with van der Waals surface area (Å²) in [6, 6.07) is 18.3. The topological polar surface area (TPSA) is 26.0 Å². The maximum atomic E-state index is 5.97. The first kappa shape index (κ1) is 26.8. The quantitative estimate of drug-likeness (QED) is 0.207. The van der Waals surface area contributed by atoms with Crippen LogP contribution in [0.5, 0.6) is 0 Å². The number of nitrogen functional groups attached to an aromatic ring is 1. The zero-order chi connectivity index (χ0) is 24.0. The predicted octanol–water partition coefficient (Wildman–Crippen LogP) is 10.4. The third kappa shape index (κ3) is 8.79. The molecule has 2 aromatic rings. The molecule has 0 heterocycles. The molecule has 1 atom stereocenters. The van der Waals surface area contributed by atoms with Crippen LogP contribution in [-0.4, -0.2) is 0 Å². The minimum absolute atomic E-state index is 0.486. The van der Waals surface area contributed by atoms with Crippen molar-refractivity contribution < 1.29 is 0 Å². The van der Waals surface area contributed by atoms with E-state index in [2.05, 4.69) is 62.4 Å². The highest BCUT2D eigenvalue weighted by atomic mass is 14.5. The van der Waals surface area contributed by atoms with E-state index in [-0.39, 0.29) is 0 Å². The molecule has 1 aliphatic carbocycles. The second-order valence-corrected chi connectivity index (χ2v) is 11.0. The average Bonchev–Trinajstić information content (AvgIpc) is 2.88. The Labute approximate surface area is 210 Å². The Morgan fingerprint density at radius 2 is 1.18 bits per heavy atom. The minimum Gasteiger partial charge on any atom is -0.399 e. The van der Waals surface area contributed by atoms with E-state index in [0.717, 1.165) is 17.5 Å². The van der Waals surface area contributed by atoms with Crippen molar-refractivity contribution in [3.05, 3.63) is 65.2 Å². The molecule has 34 heavy (non-hydrogen) atoms. The summed E-state index contributed by atoms with van der Waals surface area (Å²) in [4.78, 5) is 0. The van der Waals surface area contributed by atoms with Crippen molar-refractivity contribution in [2.75, 3.05) is 5.73 Å². The Hall–Kier alpha value is -1.76. The Morgan fingerprint density at radius 1 is 0.647 bits per heavy atom. The Morgan fingerprint density at radius 3 is 1.79 bits per heavy atom. The highest BCUT2D eigenvalue weighted by molar-refractivity contribution is 5.43. The SMILES string of the molecule is CCCCCCCCC1CCC(c2ccc(C(CCCCCC)c3ccc(N)cc3)cc2)CC1. The summed E-state index contributed by atoms with van der Waals surface area (Å²) >= 11 is 0. The van der Waals surface area contributed by atoms with E-state index in [0.29, 0.717) is 5.92 Å². The first-order valence-corrected chi connectivity index (χ1v) is 14.7. The lowest BCUT2D eigenvalue weighted by Crippen LogP contribution is -2.13. The third-order valence-electron chi connectivity index (χ3n) is 8.31. The van der Waals surface area contributed by atoms with Crippen LogP contribution >= 0.6 is 0 Å². The van der Waals surface area contributed by atoms with Gasteiger partial charge in [-0.25, -0.2) is 0 Å². The summed E-state index contributed by atoms with van der Waals surface area (Å²) in [7, 11) is 0. The summed E-state index contributed by atoms with van der Waals surface area (Å²) < 4.78 is 0. The van der Waals surface area contributed by atoms with E-state index < -0.39 is 0 Å². The molecule has 2 N–H and O–H groups in total. The van der Waals surface area contributed by atoms with Crippen molar-refractivity contribution >= 4 is 5.69 Å². The van der Waals surface area contributed by atoms with Crippen LogP contribution in [0.15, 0.2) is 48.5 Å². The second-order valence-electron chi connectivity index (χ2n) is 11.0. The molecule has 1 saturated carbocycles. The number of unbranched alkanes of at least 4 members (excludes halogenated alkanes) is 8. The normalized spacial score (nSPS) is 19.2. The van der Waals surface area contributed by atoms with Crippen LogP contribution < -0.4 is 5.73 Å². The van der Waals surface area contributed by atoms with Gasteiger partial charge in [-0.3, -0.25) is 0 Å². The van der Waals surface area contributed by atoms with Crippen LogP contribution in [-0.2, 0) is 0 Å². The summed E-state index contributed by atoms with van der Waals surface area (Å²) in [5, 5.41) is 0. The average molecular weight is 462 g/mol. The third-order valence-corrected chi connectivity index (χ3v) is 8.31. The molecule has 1 fully saturated rings. The molecule has 188 valence electrons. The van der Waals surface area contributed by atoms with Crippen molar-refractivity contribution in [3.8, 4) is 0 Å². The van der Waals surface area contributed by atoms with Crippen molar-refractivity contribution in [1.29, 1.82) is 0 Å². The number of benzene rings is 2. The summed E-state index contributed by atoms with van der Waals surface area (Å²) in [5.41, 5.74) is 11.3. The Kier molecular flexibility index (Phi) is 12.1. The zero-order valence-corrected chi connectivity index (χ0v) is 22.2. The highest BCUT2D eigenvalue weighted by Gasteiger charge is 2.22. The fraction of sp³-hybridized carbons (Fsp3) is 0.636. The Bertz CT molecular complexity index is 767. The molecule has 0 bridgehead atoms. The number of anilines is 1. The molecule has 0 spiro atoms. The van der Waals surface area contributed by atoms with Crippen LogP contribution in [0.2, 0.25) is 0 Å². The largest absolute Gasteiger partial charge is 0.399 e. The van der Waals surface area contributed by atoms with Gasteiger partial charge in [-0.15, -0.1) is 0 Å². The van der Waals surface area contributed by atoms with E-state index in [1.54, 1.807) is 5.56 Å². The number of nitrogens with two attached hydrogens (primary N) is 1. The van der Waals surface area contributed by atoms with E-state index in [9.17, 15) is 0 Å². The molecule has 1 unspecified atom stereocenters. The molecular formula is C33H51N. The molecule has 0 saturated heterocycles. The zero-order valence-electron chi connectivity index (χ0n) is 22.2. The van der Waals surface area contributed by atoms with Crippen molar-refractivity contribution in [1.82, 2.24) is 0 Å². The van der Waals surface area contributed by atoms with Gasteiger partial charge in [-0.05, 0) is 72.8 Å². The maximum Gasteiger partial charge on any atom is 0.0314 e. The maximum absolute atomic E-state index is 5.97. The lowest BCUT2D eigenvalue weighted by Gasteiger charge is -2.29. The minimum atomic E-state index is 0.486. The van der Waals surface area contributed by atoms with Crippen LogP contribution in [0.4, 0.5) is 5.69 Å². The highest BCUT2D eigenvalue weighted by Crippen LogP contribution is 2.39. The van der Waals surface area contributed by atoms with Crippen LogP contribution in [0.25, 0.3) is 0 Å². The molecule has 1 heteroatoms. The lowest BCUT2D eigenvalue weighted by atomic mass is 9.76. The number of rotatable bonds is 15. The van der Waals surface area contributed by atoms with Gasteiger partial charge < -0.3 is 5.73 Å². The molecule has 3 rings (SSSR count). The predicted molar refractivity (Wildman–Crippen MR) is 151 cm³/mol. The number of hydrogen-bond donors (Lipinski definition) is 1. The molecule has 2 aromatic carbocycles. The summed E-state index contributed by atoms with van der Waals surface area (Å²) in [6.45, 7) is 4.59. The molecule has 0 aliphatic heterocycles. The van der Waals surface area contributed by atoms with Crippen LogP contribution in [0.1, 0.15) is 145 Å². The van der Waals surface area contributed by atoms with Gasteiger partial charge in [0.15, 0.2) is 0 Å².